The monoisotopic (exact) mass is 3360 g/mol. The Morgan fingerprint density at radius 1 is 0.157 bits per heavy atom. The van der Waals surface area contributed by atoms with E-state index in [9.17, 15) is 76.7 Å². The van der Waals surface area contributed by atoms with E-state index in [1.165, 1.54) is 114 Å². The van der Waals surface area contributed by atoms with E-state index in [1.807, 2.05) is 0 Å². The predicted octanol–water partition coefficient (Wildman–Crippen LogP) is -2.73. The van der Waals surface area contributed by atoms with Crippen molar-refractivity contribution >= 4 is 332 Å². The first-order valence-corrected chi connectivity index (χ1v) is 34.5. The normalized spacial score (nSPS) is 7.15. The van der Waals surface area contributed by atoms with Crippen molar-refractivity contribution in [2.45, 2.75) is 4.30 Å². The van der Waals surface area contributed by atoms with Crippen molar-refractivity contribution in [3.05, 3.63) is 0 Å². The Morgan fingerprint density at radius 2 is 0.185 bits per heavy atom. The number of carbonyl (C=O) groups is 16. The van der Waals surface area contributed by atoms with Gasteiger partial charge in [-0.3, -0.25) is 76.7 Å². The molecule has 0 aliphatic heterocycles. The topological polar surface area (TPSA) is 421 Å². The van der Waals surface area contributed by atoms with E-state index in [0.29, 0.717) is 0 Å². The summed E-state index contributed by atoms with van der Waals surface area (Å²) in [6, 6.07) is 0. The van der Waals surface area contributed by atoms with Crippen molar-refractivity contribution in [2.24, 2.45) is 0 Å². The molecule has 0 amide bonds. The molecule has 0 N–H and O–H groups in total. The van der Waals surface area contributed by atoms with Gasteiger partial charge in [-0.05, 0) is 0 Å². The van der Waals surface area contributed by atoms with Gasteiger partial charge in [0.15, 0.2) is 4.30 Å². The van der Waals surface area contributed by atoms with Crippen molar-refractivity contribution in [1.82, 2.24) is 0 Å². The first kappa shape index (κ1) is 182. The van der Waals surface area contributed by atoms with Crippen LogP contribution in [0.2, 0.25) is 0 Å². The zero-order valence-electron chi connectivity index (χ0n) is 59.2. The molecule has 0 heterocycles. The van der Waals surface area contributed by atoms with Crippen molar-refractivity contribution in [1.29, 1.82) is 0 Å². The minimum Gasteiger partial charge on any atom is -0.782 e. The molecule has 0 aliphatic rings. The first-order chi connectivity index (χ1) is 46.7. The van der Waals surface area contributed by atoms with Crippen LogP contribution in [0.5, 0.6) is 0 Å². The molecule has 0 spiro atoms. The molecule has 0 radical (unpaired) electrons. The Balaban J connectivity index is -0.0000000293. The third kappa shape index (κ3) is 283. The Bertz CT molecular complexity index is 1370. The van der Waals surface area contributed by atoms with E-state index in [-0.39, 0.29) is 356 Å². The van der Waals surface area contributed by atoms with Crippen molar-refractivity contribution in [2.75, 3.05) is 206 Å². The minimum atomic E-state index is -0.750. The summed E-state index contributed by atoms with van der Waals surface area (Å²) in [6.07, 6.45) is 0. The molecule has 0 saturated heterocycles. The third-order valence-electron chi connectivity index (χ3n) is 5.53. The van der Waals surface area contributed by atoms with Gasteiger partial charge in [0, 0.05) is 0 Å². The summed E-state index contributed by atoms with van der Waals surface area (Å²) in [5.41, 5.74) is 0. The van der Waals surface area contributed by atoms with Crippen LogP contribution in [-0.4, -0.2) is 306 Å². The fourth-order valence-corrected chi connectivity index (χ4v) is 2.83. The molecule has 0 fully saturated rings. The Hall–Kier alpha value is 3.50. The summed E-state index contributed by atoms with van der Waals surface area (Å²) >= 11 is 83.2. The predicted molar refractivity (Wildman–Crippen MR) is 409 cm³/mol. The number of rotatable bonds is 16. The molecule has 0 aromatic rings. The zero-order valence-corrected chi connectivity index (χ0v) is 92.7. The summed E-state index contributed by atoms with van der Waals surface area (Å²) in [6.45, 7) is 0. The van der Waals surface area contributed by atoms with Crippen molar-refractivity contribution in [3.63, 3.8) is 0 Å². The van der Waals surface area contributed by atoms with E-state index in [1.54, 1.807) is 0 Å². The summed E-state index contributed by atoms with van der Waals surface area (Å²) in [4.78, 5) is 158. The summed E-state index contributed by atoms with van der Waals surface area (Å²) in [5.74, 6) is -4.65. The maximum Gasteiger partial charge on any atom is 2.00 e. The molecule has 32 nitrogen and oxygen atoms in total. The van der Waals surface area contributed by atoms with E-state index in [4.69, 9.17) is 34.8 Å². The van der Waals surface area contributed by atoms with Crippen LogP contribution in [0.15, 0.2) is 0 Å². The molecule has 0 saturated carbocycles. The van der Waals surface area contributed by atoms with Gasteiger partial charge in [0.25, 0.3) is 95.5 Å². The molecule has 0 unspecified atom stereocenters. The number of halogens is 3. The second-order valence-electron chi connectivity index (χ2n) is 11.8. The Morgan fingerprint density at radius 3 is 0.185 bits per heavy atom. The number of ether oxygens (including phenoxy) is 16. The largest absolute Gasteiger partial charge is 2.00 e. The molecular weight excluding hydrogens is 3280 g/mol. The van der Waals surface area contributed by atoms with Crippen molar-refractivity contribution < 1.29 is 321 Å². The SMILES string of the molecule is COC(=O)C[S-].COC(=O)C[S-].COC(=O)C[S-].COC(=O)C[S-].COC(=O)C[S-].COC(=O)C[S-].COC(=O)C[S-].COC(=O)C[S-].COC(=O)C[S-].COC(=O)C[S-].COC(=O)C[S-].COC(=O)C[S-].COC(=O)C[S-].COC(=O)C[S-].COC(=O)C[S-].COC(=O)C[S-].ClC(Cl)Cl.[Pt+2].[Pt+2].[Pt+2].[Pt+2].[Pt+2].[Pt+2].[Pt+2].[Pt+2]. The molecule has 0 bridgehead atoms. The van der Waals surface area contributed by atoms with Crippen LogP contribution >= 0.6 is 34.8 Å². The second-order valence-corrected chi connectivity index (χ2v) is 18.4. The zero-order chi connectivity index (χ0) is 83.4. The van der Waals surface area contributed by atoms with Crippen LogP contribution in [0.25, 0.3) is 0 Å². The molecule has 0 atom stereocenters. The molecule has 0 aliphatic carbocycles. The summed E-state index contributed by atoms with van der Waals surface area (Å²) in [7, 11) is 21.0. The molecule has 108 heavy (non-hydrogen) atoms. The Labute approximate surface area is 851 Å². The van der Waals surface area contributed by atoms with Crippen LogP contribution < -0.4 is 0 Å². The van der Waals surface area contributed by atoms with E-state index >= 15 is 0 Å². The van der Waals surface area contributed by atoms with Gasteiger partial charge in [0.05, 0.1) is 114 Å². The number of methoxy groups -OCH3 is 16. The second kappa shape index (κ2) is 177. The van der Waals surface area contributed by atoms with Crippen LogP contribution in [0.4, 0.5) is 0 Å². The number of esters is 16. The molecule has 0 aromatic carbocycles. The molecule has 59 heteroatoms. The van der Waals surface area contributed by atoms with E-state index in [2.05, 4.69) is 278 Å². The fraction of sp³-hybridized carbons (Fsp3) is 0.673. The maximum atomic E-state index is 9.85. The van der Waals surface area contributed by atoms with Gasteiger partial charge in [-0.25, -0.2) is 0 Å². The van der Waals surface area contributed by atoms with E-state index < -0.39 is 4.30 Å². The van der Waals surface area contributed by atoms with Gasteiger partial charge < -0.3 is 278 Å². The van der Waals surface area contributed by atoms with Crippen LogP contribution in [0, 0.1) is 0 Å². The summed E-state index contributed by atoms with van der Waals surface area (Å²) in [5, 5.41) is 0. The van der Waals surface area contributed by atoms with Crippen LogP contribution in [0.1, 0.15) is 0 Å². The quantitative estimate of drug-likeness (QED) is 0.0655. The fourth-order valence-electron chi connectivity index (χ4n) is 0.943. The van der Waals surface area contributed by atoms with Gasteiger partial charge >= 0.3 is 169 Å². The van der Waals surface area contributed by atoms with Crippen molar-refractivity contribution in [3.8, 4) is 0 Å². The number of hydrogen-bond acceptors (Lipinski definition) is 48. The van der Waals surface area contributed by atoms with Gasteiger partial charge in [-0.1, -0.05) is 127 Å². The molecule has 666 valence electrons. The maximum absolute atomic E-state index is 9.85. The minimum absolute atomic E-state index is 0. The first-order valence-electron chi connectivity index (χ1n) is 24.0. The average molecular weight is 3360 g/mol. The smallest absolute Gasteiger partial charge is 0.782 e. The Kier molecular flexibility index (Phi) is 298. The number of alkyl halides is 3. The standard InChI is InChI=1S/16C3H6O2S.CHCl3.8Pt/c16*1-5-3(4)2-6;2-1(3)4;;;;;;;;/h16*6H,2H2,1H3;1H;;;;;;;;/q;;;;;;;;;;;;;;;;;8*+2/p-16. The van der Waals surface area contributed by atoms with Gasteiger partial charge in [-0.15, -0.1) is 0 Å². The van der Waals surface area contributed by atoms with E-state index in [0.717, 1.165) is 0 Å². The number of carbonyl (C=O) groups excluding carboxylic acids is 16. The molecule has 0 aromatic heterocycles. The molecular formula is C49H81Cl3O32Pt8S16. The molecule has 0 rings (SSSR count). The van der Waals surface area contributed by atoms with Gasteiger partial charge in [0.2, 0.25) is 0 Å². The van der Waals surface area contributed by atoms with Crippen LogP contribution in [-0.2, 0) is 523 Å². The average Bonchev–Trinajstić information content (AvgIpc) is 3.69. The van der Waals surface area contributed by atoms with Crippen LogP contribution in [0.3, 0.4) is 0 Å². The van der Waals surface area contributed by atoms with Gasteiger partial charge in [-0.2, -0.15) is 0 Å². The third-order valence-corrected chi connectivity index (χ3v) is 9.30. The number of hydrogen-bond donors (Lipinski definition) is 0. The summed E-state index contributed by atoms with van der Waals surface area (Å²) < 4.78 is 65.8. The van der Waals surface area contributed by atoms with Gasteiger partial charge in [0.1, 0.15) is 0 Å².